The Hall–Kier alpha value is -1.07. The second kappa shape index (κ2) is 4.84. The number of rotatable bonds is 3. The molecule has 0 radical (unpaired) electrons. The fourth-order valence-corrected chi connectivity index (χ4v) is 1.77. The van der Waals surface area contributed by atoms with E-state index in [1.807, 2.05) is 18.2 Å². The molecule has 0 saturated carbocycles. The summed E-state index contributed by atoms with van der Waals surface area (Å²) in [5.74, 6) is 1.16. The lowest BCUT2D eigenvalue weighted by Crippen LogP contribution is -2.01. The van der Waals surface area contributed by atoms with Crippen molar-refractivity contribution in [3.05, 3.63) is 39.4 Å². The number of hydrogen-bond donors (Lipinski definition) is 1. The van der Waals surface area contributed by atoms with Crippen molar-refractivity contribution in [1.29, 1.82) is 0 Å². The highest BCUT2D eigenvalue weighted by Crippen LogP contribution is 2.25. The summed E-state index contributed by atoms with van der Waals surface area (Å²) in [6.07, 6.45) is 0. The van der Waals surface area contributed by atoms with Gasteiger partial charge in [-0.3, -0.25) is 0 Å². The smallest absolute Gasteiger partial charge is 0.223 e. The van der Waals surface area contributed by atoms with E-state index in [1.165, 1.54) is 0 Å². The average molecular weight is 303 g/mol. The number of nitrogens with one attached hydrogen (secondary N) is 1. The Labute approximate surface area is 106 Å². The van der Waals surface area contributed by atoms with Crippen LogP contribution in [-0.2, 0) is 6.54 Å². The molecule has 0 bridgehead atoms. The number of anilines is 1. The Balaban J connectivity index is 2.07. The van der Waals surface area contributed by atoms with E-state index in [1.54, 1.807) is 6.92 Å². The van der Waals surface area contributed by atoms with Crippen molar-refractivity contribution >= 4 is 33.2 Å². The molecule has 84 valence electrons. The van der Waals surface area contributed by atoms with Crippen molar-refractivity contribution in [3.8, 4) is 0 Å². The molecule has 1 N–H and O–H groups in total. The van der Waals surface area contributed by atoms with E-state index < -0.39 is 0 Å². The zero-order valence-corrected chi connectivity index (χ0v) is 10.8. The van der Waals surface area contributed by atoms with Gasteiger partial charge in [0.25, 0.3) is 0 Å². The number of nitrogens with zero attached hydrogens (tertiary/aromatic N) is 2. The molecule has 1 aromatic heterocycles. The van der Waals surface area contributed by atoms with Gasteiger partial charge in [-0.25, -0.2) is 0 Å². The van der Waals surface area contributed by atoms with E-state index in [-0.39, 0.29) is 0 Å². The van der Waals surface area contributed by atoms with Gasteiger partial charge in [0.1, 0.15) is 0 Å². The molecule has 2 aromatic rings. The monoisotopic (exact) mass is 301 g/mol. The van der Waals surface area contributed by atoms with Gasteiger partial charge < -0.3 is 9.84 Å². The lowest BCUT2D eigenvalue weighted by atomic mass is 10.3. The first-order valence-corrected chi connectivity index (χ1v) is 5.80. The highest BCUT2D eigenvalue weighted by Gasteiger charge is 2.04. The first-order valence-electron chi connectivity index (χ1n) is 4.63. The lowest BCUT2D eigenvalue weighted by molar-refractivity contribution is 0.388. The molecular formula is C10H9BrClN3O. The number of hydrogen-bond acceptors (Lipinski definition) is 4. The largest absolute Gasteiger partial charge is 0.376 e. The Morgan fingerprint density at radius 3 is 3.00 bits per heavy atom. The highest BCUT2D eigenvalue weighted by atomic mass is 79.9. The van der Waals surface area contributed by atoms with Crippen molar-refractivity contribution in [1.82, 2.24) is 10.1 Å². The second-order valence-corrected chi connectivity index (χ2v) is 4.53. The molecular weight excluding hydrogens is 293 g/mol. The van der Waals surface area contributed by atoms with Gasteiger partial charge >= 0.3 is 0 Å². The topological polar surface area (TPSA) is 51.0 Å². The lowest BCUT2D eigenvalue weighted by Gasteiger charge is -2.06. The predicted molar refractivity (Wildman–Crippen MR) is 65.5 cm³/mol. The number of aryl methyl sites for hydroxylation is 1. The van der Waals surface area contributed by atoms with Gasteiger partial charge in [-0.1, -0.05) is 32.7 Å². The summed E-state index contributed by atoms with van der Waals surface area (Å²) in [6, 6.07) is 5.59. The number of benzene rings is 1. The van der Waals surface area contributed by atoms with Crippen LogP contribution in [0.1, 0.15) is 11.7 Å². The maximum atomic E-state index is 6.02. The zero-order chi connectivity index (χ0) is 11.5. The molecule has 0 fully saturated rings. The van der Waals surface area contributed by atoms with Crippen molar-refractivity contribution in [3.63, 3.8) is 0 Å². The third-order valence-corrected chi connectivity index (χ3v) is 2.76. The van der Waals surface area contributed by atoms with Gasteiger partial charge in [-0.15, -0.1) is 0 Å². The minimum atomic E-state index is 0.480. The fraction of sp³-hybridized carbons (Fsp3) is 0.200. The van der Waals surface area contributed by atoms with Crippen LogP contribution in [0, 0.1) is 6.92 Å². The standard InChI is InChI=1S/C10H9BrClN3O/c1-6-14-10(15-16-6)5-13-9-4-7(11)2-3-8(9)12/h2-4,13H,5H2,1H3. The van der Waals surface area contributed by atoms with Crippen LogP contribution in [0.5, 0.6) is 0 Å². The minimum Gasteiger partial charge on any atom is -0.376 e. The molecule has 0 atom stereocenters. The van der Waals surface area contributed by atoms with Gasteiger partial charge in [-0.2, -0.15) is 4.98 Å². The fourth-order valence-electron chi connectivity index (χ4n) is 1.22. The molecule has 0 spiro atoms. The summed E-state index contributed by atoms with van der Waals surface area (Å²) >= 11 is 9.40. The zero-order valence-electron chi connectivity index (χ0n) is 8.50. The maximum Gasteiger partial charge on any atom is 0.223 e. The average Bonchev–Trinajstić information content (AvgIpc) is 2.66. The third kappa shape index (κ3) is 2.74. The molecule has 0 amide bonds. The molecule has 16 heavy (non-hydrogen) atoms. The van der Waals surface area contributed by atoms with Gasteiger partial charge in [-0.05, 0) is 18.2 Å². The molecule has 1 aromatic carbocycles. The molecule has 0 aliphatic heterocycles. The Morgan fingerprint density at radius 1 is 1.50 bits per heavy atom. The summed E-state index contributed by atoms with van der Waals surface area (Å²) in [6.45, 7) is 2.23. The molecule has 1 heterocycles. The van der Waals surface area contributed by atoms with E-state index in [9.17, 15) is 0 Å². The van der Waals surface area contributed by atoms with Gasteiger partial charge in [0.15, 0.2) is 5.82 Å². The first-order chi connectivity index (χ1) is 7.65. The van der Waals surface area contributed by atoms with Crippen LogP contribution in [-0.4, -0.2) is 10.1 Å². The van der Waals surface area contributed by atoms with Crippen molar-refractivity contribution in [2.24, 2.45) is 0 Å². The predicted octanol–water partition coefficient (Wildman–Crippen LogP) is 3.41. The molecule has 0 aliphatic carbocycles. The van der Waals surface area contributed by atoms with E-state index in [0.717, 1.165) is 10.2 Å². The Bertz CT molecular complexity index is 501. The van der Waals surface area contributed by atoms with Gasteiger partial charge in [0, 0.05) is 11.4 Å². The first kappa shape index (κ1) is 11.4. The molecule has 2 rings (SSSR count). The van der Waals surface area contributed by atoms with Crippen molar-refractivity contribution in [2.75, 3.05) is 5.32 Å². The van der Waals surface area contributed by atoms with Gasteiger partial charge in [0.2, 0.25) is 5.89 Å². The van der Waals surface area contributed by atoms with Crippen LogP contribution in [0.15, 0.2) is 27.2 Å². The van der Waals surface area contributed by atoms with Crippen molar-refractivity contribution in [2.45, 2.75) is 13.5 Å². The van der Waals surface area contributed by atoms with Crippen LogP contribution in [0.3, 0.4) is 0 Å². The summed E-state index contributed by atoms with van der Waals surface area (Å²) in [7, 11) is 0. The number of halogens is 2. The summed E-state index contributed by atoms with van der Waals surface area (Å²) in [5, 5.41) is 7.57. The van der Waals surface area contributed by atoms with E-state index in [0.29, 0.717) is 23.3 Å². The van der Waals surface area contributed by atoms with E-state index in [2.05, 4.69) is 31.4 Å². The second-order valence-electron chi connectivity index (χ2n) is 3.21. The highest BCUT2D eigenvalue weighted by molar-refractivity contribution is 9.10. The minimum absolute atomic E-state index is 0.480. The van der Waals surface area contributed by atoms with Crippen LogP contribution < -0.4 is 5.32 Å². The van der Waals surface area contributed by atoms with Crippen LogP contribution >= 0.6 is 27.5 Å². The third-order valence-electron chi connectivity index (χ3n) is 1.93. The molecule has 0 aliphatic rings. The Morgan fingerprint density at radius 2 is 2.31 bits per heavy atom. The van der Waals surface area contributed by atoms with Crippen LogP contribution in [0.25, 0.3) is 0 Å². The summed E-state index contributed by atoms with van der Waals surface area (Å²) < 4.78 is 5.83. The SMILES string of the molecule is Cc1nc(CNc2cc(Br)ccc2Cl)no1. The molecule has 0 unspecified atom stereocenters. The molecule has 6 heteroatoms. The van der Waals surface area contributed by atoms with Crippen LogP contribution in [0.4, 0.5) is 5.69 Å². The van der Waals surface area contributed by atoms with Crippen LogP contribution in [0.2, 0.25) is 5.02 Å². The quantitative estimate of drug-likeness (QED) is 0.944. The summed E-state index contributed by atoms with van der Waals surface area (Å²) in [5.41, 5.74) is 0.832. The summed E-state index contributed by atoms with van der Waals surface area (Å²) in [4.78, 5) is 4.08. The normalized spacial score (nSPS) is 10.4. The number of aromatic nitrogens is 2. The van der Waals surface area contributed by atoms with Crippen molar-refractivity contribution < 1.29 is 4.52 Å². The molecule has 0 saturated heterocycles. The molecule has 4 nitrogen and oxygen atoms in total. The maximum absolute atomic E-state index is 6.02. The Kier molecular flexibility index (Phi) is 3.46. The van der Waals surface area contributed by atoms with E-state index in [4.69, 9.17) is 16.1 Å². The van der Waals surface area contributed by atoms with E-state index >= 15 is 0 Å². The van der Waals surface area contributed by atoms with Gasteiger partial charge in [0.05, 0.1) is 17.3 Å².